The highest BCUT2D eigenvalue weighted by Crippen LogP contribution is 2.19. The van der Waals surface area contributed by atoms with E-state index in [0.29, 0.717) is 38.4 Å². The fourth-order valence-corrected chi connectivity index (χ4v) is 3.04. The Bertz CT molecular complexity index is 899. The van der Waals surface area contributed by atoms with Gasteiger partial charge in [0.1, 0.15) is 5.82 Å². The highest BCUT2D eigenvalue weighted by atomic mass is 19.1. The molecule has 1 aromatic heterocycles. The quantitative estimate of drug-likeness (QED) is 0.737. The molecular formula is C19H18FN3O2. The Hall–Kier alpha value is -2.73. The van der Waals surface area contributed by atoms with E-state index >= 15 is 0 Å². The van der Waals surface area contributed by atoms with Crippen molar-refractivity contribution < 1.29 is 13.9 Å². The summed E-state index contributed by atoms with van der Waals surface area (Å²) in [7, 11) is 0. The van der Waals surface area contributed by atoms with E-state index in [9.17, 15) is 9.18 Å². The Kier molecular flexibility index (Phi) is 4.19. The zero-order chi connectivity index (χ0) is 17.2. The standard InChI is InChI=1S/C19H18FN3O2/c20-17-5-1-14(2-6-17)13-23-18-11-15(3-4-16(18)12-21-23)19(24)22-7-9-25-10-8-22/h1-6,11-12H,7-10,13H2. The largest absolute Gasteiger partial charge is 0.378 e. The molecule has 0 aliphatic carbocycles. The average Bonchev–Trinajstić information content (AvgIpc) is 3.06. The van der Waals surface area contributed by atoms with E-state index in [-0.39, 0.29) is 11.7 Å². The van der Waals surface area contributed by atoms with Crippen molar-refractivity contribution in [3.05, 3.63) is 65.6 Å². The number of amides is 1. The summed E-state index contributed by atoms with van der Waals surface area (Å²) >= 11 is 0. The lowest BCUT2D eigenvalue weighted by Crippen LogP contribution is -2.40. The van der Waals surface area contributed by atoms with E-state index < -0.39 is 0 Å². The lowest BCUT2D eigenvalue weighted by atomic mass is 10.1. The van der Waals surface area contributed by atoms with Crippen LogP contribution in [0.25, 0.3) is 10.9 Å². The first kappa shape index (κ1) is 15.8. The van der Waals surface area contributed by atoms with Gasteiger partial charge in [-0.15, -0.1) is 0 Å². The van der Waals surface area contributed by atoms with Gasteiger partial charge >= 0.3 is 0 Å². The maximum absolute atomic E-state index is 13.1. The summed E-state index contributed by atoms with van der Waals surface area (Å²) in [6.07, 6.45) is 1.78. The number of benzene rings is 2. The number of carbonyl (C=O) groups excluding carboxylic acids is 1. The van der Waals surface area contributed by atoms with Crippen molar-refractivity contribution in [3.8, 4) is 0 Å². The van der Waals surface area contributed by atoms with Crippen molar-refractivity contribution in [1.82, 2.24) is 14.7 Å². The van der Waals surface area contributed by atoms with E-state index in [1.54, 1.807) is 18.3 Å². The number of fused-ring (bicyclic) bond motifs is 1. The van der Waals surface area contributed by atoms with Crippen molar-refractivity contribution >= 4 is 16.8 Å². The van der Waals surface area contributed by atoms with Crippen molar-refractivity contribution in [3.63, 3.8) is 0 Å². The first-order chi connectivity index (χ1) is 12.2. The fourth-order valence-electron chi connectivity index (χ4n) is 3.04. The van der Waals surface area contributed by atoms with Gasteiger partial charge in [-0.3, -0.25) is 9.48 Å². The molecule has 0 N–H and O–H groups in total. The molecule has 0 radical (unpaired) electrons. The topological polar surface area (TPSA) is 47.4 Å². The lowest BCUT2D eigenvalue weighted by molar-refractivity contribution is 0.0303. The number of rotatable bonds is 3. The maximum Gasteiger partial charge on any atom is 0.254 e. The maximum atomic E-state index is 13.1. The van der Waals surface area contributed by atoms with E-state index in [1.807, 2.05) is 27.8 Å². The molecule has 4 rings (SSSR count). The number of morpholine rings is 1. The third kappa shape index (κ3) is 3.25. The molecule has 1 saturated heterocycles. The SMILES string of the molecule is O=C(c1ccc2cnn(Cc3ccc(F)cc3)c2c1)N1CCOCC1. The second-order valence-electron chi connectivity index (χ2n) is 6.11. The molecule has 6 heteroatoms. The van der Waals surface area contributed by atoms with Gasteiger partial charge in [0.15, 0.2) is 0 Å². The van der Waals surface area contributed by atoms with Crippen LogP contribution in [0.3, 0.4) is 0 Å². The lowest BCUT2D eigenvalue weighted by Gasteiger charge is -2.26. The predicted octanol–water partition coefficient (Wildman–Crippen LogP) is 2.70. The zero-order valence-corrected chi connectivity index (χ0v) is 13.7. The molecule has 0 saturated carbocycles. The molecular weight excluding hydrogens is 321 g/mol. The summed E-state index contributed by atoms with van der Waals surface area (Å²) in [6, 6.07) is 12.0. The summed E-state index contributed by atoms with van der Waals surface area (Å²) in [4.78, 5) is 14.5. The molecule has 1 amide bonds. The summed E-state index contributed by atoms with van der Waals surface area (Å²) in [5.41, 5.74) is 2.50. The Labute approximate surface area is 144 Å². The molecule has 1 aliphatic heterocycles. The van der Waals surface area contributed by atoms with Gasteiger partial charge in [-0.1, -0.05) is 18.2 Å². The van der Waals surface area contributed by atoms with Crippen molar-refractivity contribution in [2.45, 2.75) is 6.54 Å². The predicted molar refractivity (Wildman–Crippen MR) is 92.0 cm³/mol. The van der Waals surface area contributed by atoms with Crippen LogP contribution in [0.4, 0.5) is 4.39 Å². The van der Waals surface area contributed by atoms with Gasteiger partial charge in [0.05, 0.1) is 31.5 Å². The highest BCUT2D eigenvalue weighted by molar-refractivity contribution is 5.97. The van der Waals surface area contributed by atoms with Gasteiger partial charge < -0.3 is 9.64 Å². The van der Waals surface area contributed by atoms with Gasteiger partial charge in [-0.25, -0.2) is 4.39 Å². The van der Waals surface area contributed by atoms with Crippen LogP contribution in [0, 0.1) is 5.82 Å². The third-order valence-corrected chi connectivity index (χ3v) is 4.44. The van der Waals surface area contributed by atoms with Gasteiger partial charge in [0, 0.05) is 24.0 Å². The molecule has 0 spiro atoms. The third-order valence-electron chi connectivity index (χ3n) is 4.44. The van der Waals surface area contributed by atoms with Crippen LogP contribution >= 0.6 is 0 Å². The molecule has 1 fully saturated rings. The summed E-state index contributed by atoms with van der Waals surface area (Å²) < 4.78 is 20.2. The molecule has 1 aliphatic rings. The molecule has 2 aromatic carbocycles. The molecule has 0 bridgehead atoms. The number of hydrogen-bond acceptors (Lipinski definition) is 3. The van der Waals surface area contributed by atoms with E-state index in [2.05, 4.69) is 5.10 Å². The molecule has 25 heavy (non-hydrogen) atoms. The monoisotopic (exact) mass is 339 g/mol. The number of halogens is 1. The number of nitrogens with zero attached hydrogens (tertiary/aromatic N) is 3. The Morgan fingerprint density at radius 1 is 1.12 bits per heavy atom. The summed E-state index contributed by atoms with van der Waals surface area (Å²) in [6.45, 7) is 2.92. The van der Waals surface area contributed by atoms with Crippen LogP contribution in [0.5, 0.6) is 0 Å². The smallest absolute Gasteiger partial charge is 0.254 e. The van der Waals surface area contributed by atoms with Crippen LogP contribution < -0.4 is 0 Å². The minimum absolute atomic E-state index is 0.0136. The molecule has 2 heterocycles. The zero-order valence-electron chi connectivity index (χ0n) is 13.7. The van der Waals surface area contributed by atoms with Crippen LogP contribution in [-0.2, 0) is 11.3 Å². The molecule has 0 atom stereocenters. The van der Waals surface area contributed by atoms with E-state index in [4.69, 9.17) is 4.74 Å². The molecule has 0 unspecified atom stereocenters. The highest BCUT2D eigenvalue weighted by Gasteiger charge is 2.19. The Morgan fingerprint density at radius 2 is 1.88 bits per heavy atom. The Morgan fingerprint density at radius 3 is 2.64 bits per heavy atom. The van der Waals surface area contributed by atoms with Crippen molar-refractivity contribution in [2.75, 3.05) is 26.3 Å². The van der Waals surface area contributed by atoms with Crippen LogP contribution in [-0.4, -0.2) is 46.9 Å². The number of ether oxygens (including phenoxy) is 1. The number of aromatic nitrogens is 2. The fraction of sp³-hybridized carbons (Fsp3) is 0.263. The summed E-state index contributed by atoms with van der Waals surface area (Å²) in [5.74, 6) is -0.243. The average molecular weight is 339 g/mol. The van der Waals surface area contributed by atoms with Crippen molar-refractivity contribution in [1.29, 1.82) is 0 Å². The molecule has 5 nitrogen and oxygen atoms in total. The minimum Gasteiger partial charge on any atom is -0.378 e. The second-order valence-corrected chi connectivity index (χ2v) is 6.11. The van der Waals surface area contributed by atoms with Gasteiger partial charge in [0.2, 0.25) is 0 Å². The van der Waals surface area contributed by atoms with Gasteiger partial charge in [0.25, 0.3) is 5.91 Å². The van der Waals surface area contributed by atoms with Crippen molar-refractivity contribution in [2.24, 2.45) is 0 Å². The normalized spacial score (nSPS) is 14.8. The molecule has 3 aromatic rings. The minimum atomic E-state index is -0.257. The summed E-state index contributed by atoms with van der Waals surface area (Å²) in [5, 5.41) is 5.38. The van der Waals surface area contributed by atoms with Gasteiger partial charge in [-0.05, 0) is 29.8 Å². The second kappa shape index (κ2) is 6.64. The first-order valence-electron chi connectivity index (χ1n) is 8.28. The first-order valence-corrected chi connectivity index (χ1v) is 8.28. The van der Waals surface area contributed by atoms with E-state index in [0.717, 1.165) is 16.5 Å². The van der Waals surface area contributed by atoms with Crippen LogP contribution in [0.15, 0.2) is 48.7 Å². The van der Waals surface area contributed by atoms with E-state index in [1.165, 1.54) is 12.1 Å². The molecule has 128 valence electrons. The van der Waals surface area contributed by atoms with Crippen LogP contribution in [0.1, 0.15) is 15.9 Å². The number of carbonyl (C=O) groups is 1. The number of hydrogen-bond donors (Lipinski definition) is 0. The van der Waals surface area contributed by atoms with Gasteiger partial charge in [-0.2, -0.15) is 5.10 Å². The Balaban J connectivity index is 1.63. The van der Waals surface area contributed by atoms with Crippen LogP contribution in [0.2, 0.25) is 0 Å².